The topological polar surface area (TPSA) is 76.1 Å². The second-order valence-corrected chi connectivity index (χ2v) is 4.79. The van der Waals surface area contributed by atoms with Gasteiger partial charge in [0.2, 0.25) is 0 Å². The SMILES string of the molecule is COc1cccc(C(=O)N2CCC(C(=O)O)C2)c1OC(F)F. The van der Waals surface area contributed by atoms with E-state index in [0.29, 0.717) is 6.42 Å². The van der Waals surface area contributed by atoms with Crippen LogP contribution in [0.25, 0.3) is 0 Å². The molecule has 1 aliphatic rings. The average Bonchev–Trinajstić information content (AvgIpc) is 2.96. The van der Waals surface area contributed by atoms with Gasteiger partial charge in [-0.3, -0.25) is 9.59 Å². The highest BCUT2D eigenvalue weighted by atomic mass is 19.3. The summed E-state index contributed by atoms with van der Waals surface area (Å²) in [6.45, 7) is -2.81. The molecule has 8 heteroatoms. The summed E-state index contributed by atoms with van der Waals surface area (Å²) in [5, 5.41) is 8.96. The number of methoxy groups -OCH3 is 1. The molecule has 1 fully saturated rings. The number of likely N-dealkylation sites (tertiary alicyclic amines) is 1. The van der Waals surface area contributed by atoms with Gasteiger partial charge in [0.25, 0.3) is 5.91 Å². The standard InChI is InChI=1S/C14H15F2NO5/c1-21-10-4-2-3-9(11(10)22-14(15)16)12(18)17-6-5-8(7-17)13(19)20/h2-4,8,14H,5-7H2,1H3,(H,19,20). The largest absolute Gasteiger partial charge is 0.493 e. The van der Waals surface area contributed by atoms with E-state index in [0.717, 1.165) is 0 Å². The van der Waals surface area contributed by atoms with Crippen molar-refractivity contribution in [2.24, 2.45) is 5.92 Å². The van der Waals surface area contributed by atoms with Crippen LogP contribution in [0.4, 0.5) is 8.78 Å². The van der Waals surface area contributed by atoms with E-state index in [2.05, 4.69) is 4.74 Å². The van der Waals surface area contributed by atoms with Crippen LogP contribution < -0.4 is 9.47 Å². The van der Waals surface area contributed by atoms with E-state index in [9.17, 15) is 18.4 Å². The summed E-state index contributed by atoms with van der Waals surface area (Å²) in [5.41, 5.74) is -0.0781. The molecule has 0 saturated carbocycles. The number of alkyl halides is 2. The van der Waals surface area contributed by atoms with Crippen LogP contribution in [0.15, 0.2) is 18.2 Å². The molecule has 2 rings (SSSR count). The molecule has 0 bridgehead atoms. The number of benzene rings is 1. The molecule has 0 spiro atoms. The minimum atomic E-state index is -3.10. The Morgan fingerprint density at radius 3 is 2.68 bits per heavy atom. The van der Waals surface area contributed by atoms with Crippen molar-refractivity contribution in [1.29, 1.82) is 0 Å². The van der Waals surface area contributed by atoms with Crippen LogP contribution in [0.2, 0.25) is 0 Å². The minimum Gasteiger partial charge on any atom is -0.493 e. The Morgan fingerprint density at radius 2 is 2.14 bits per heavy atom. The zero-order chi connectivity index (χ0) is 16.3. The van der Waals surface area contributed by atoms with Gasteiger partial charge in [-0.15, -0.1) is 0 Å². The Balaban J connectivity index is 2.28. The van der Waals surface area contributed by atoms with Crippen molar-refractivity contribution in [2.75, 3.05) is 20.2 Å². The lowest BCUT2D eigenvalue weighted by Gasteiger charge is -2.19. The van der Waals surface area contributed by atoms with Gasteiger partial charge in [-0.25, -0.2) is 0 Å². The highest BCUT2D eigenvalue weighted by Gasteiger charge is 2.33. The molecule has 1 atom stereocenters. The number of para-hydroxylation sites is 1. The fraction of sp³-hybridized carbons (Fsp3) is 0.429. The predicted molar refractivity (Wildman–Crippen MR) is 71.3 cm³/mol. The second-order valence-electron chi connectivity index (χ2n) is 4.79. The van der Waals surface area contributed by atoms with Crippen molar-refractivity contribution < 1.29 is 33.0 Å². The summed E-state index contributed by atoms with van der Waals surface area (Å²) in [7, 11) is 1.28. The molecule has 1 aliphatic heterocycles. The first-order valence-electron chi connectivity index (χ1n) is 6.58. The van der Waals surface area contributed by atoms with Crippen LogP contribution in [0.1, 0.15) is 16.8 Å². The third kappa shape index (κ3) is 3.26. The minimum absolute atomic E-state index is 0.0140. The number of hydrogen-bond acceptors (Lipinski definition) is 4. The number of hydrogen-bond donors (Lipinski definition) is 1. The molecule has 0 aromatic heterocycles. The first kappa shape index (κ1) is 16.0. The fourth-order valence-corrected chi connectivity index (χ4v) is 2.37. The number of aliphatic carboxylic acids is 1. The number of carbonyl (C=O) groups is 2. The highest BCUT2D eigenvalue weighted by molar-refractivity contribution is 5.98. The van der Waals surface area contributed by atoms with Crippen LogP contribution in [-0.2, 0) is 4.79 Å². The van der Waals surface area contributed by atoms with Gasteiger partial charge in [-0.1, -0.05) is 6.07 Å². The van der Waals surface area contributed by atoms with Gasteiger partial charge in [0.1, 0.15) is 0 Å². The van der Waals surface area contributed by atoms with Crippen molar-refractivity contribution >= 4 is 11.9 Å². The number of amides is 1. The van der Waals surface area contributed by atoms with Crippen molar-refractivity contribution in [3.63, 3.8) is 0 Å². The van der Waals surface area contributed by atoms with E-state index < -0.39 is 24.4 Å². The lowest BCUT2D eigenvalue weighted by molar-refractivity contribution is -0.141. The van der Waals surface area contributed by atoms with Crippen molar-refractivity contribution in [2.45, 2.75) is 13.0 Å². The van der Waals surface area contributed by atoms with E-state index in [1.165, 1.54) is 30.2 Å². The third-order valence-electron chi connectivity index (χ3n) is 3.46. The Labute approximate surface area is 125 Å². The molecule has 1 N–H and O–H groups in total. The number of carbonyl (C=O) groups excluding carboxylic acids is 1. The third-order valence-corrected chi connectivity index (χ3v) is 3.46. The number of rotatable bonds is 5. The Kier molecular flexibility index (Phi) is 4.79. The number of nitrogens with zero attached hydrogens (tertiary/aromatic N) is 1. The Morgan fingerprint density at radius 1 is 1.41 bits per heavy atom. The molecule has 1 unspecified atom stereocenters. The maximum atomic E-state index is 12.5. The van der Waals surface area contributed by atoms with Gasteiger partial charge in [-0.2, -0.15) is 8.78 Å². The molecule has 0 radical (unpaired) electrons. The van der Waals surface area contributed by atoms with Crippen LogP contribution in [0, 0.1) is 5.92 Å². The molecule has 1 aromatic carbocycles. The number of carboxylic acid groups (broad SMARTS) is 1. The van der Waals surface area contributed by atoms with E-state index >= 15 is 0 Å². The first-order valence-corrected chi connectivity index (χ1v) is 6.58. The van der Waals surface area contributed by atoms with E-state index in [-0.39, 0.29) is 30.2 Å². The van der Waals surface area contributed by atoms with Crippen LogP contribution >= 0.6 is 0 Å². The second kappa shape index (κ2) is 6.59. The maximum absolute atomic E-state index is 12.5. The molecule has 1 amide bonds. The maximum Gasteiger partial charge on any atom is 0.387 e. The lowest BCUT2D eigenvalue weighted by Crippen LogP contribution is -2.30. The molecule has 1 heterocycles. The van der Waals surface area contributed by atoms with Crippen molar-refractivity contribution in [3.8, 4) is 11.5 Å². The van der Waals surface area contributed by atoms with Crippen LogP contribution in [-0.4, -0.2) is 48.7 Å². The van der Waals surface area contributed by atoms with Gasteiger partial charge >= 0.3 is 12.6 Å². The molecular weight excluding hydrogens is 300 g/mol. The summed E-state index contributed by atoms with van der Waals surface area (Å²) in [4.78, 5) is 24.7. The fourth-order valence-electron chi connectivity index (χ4n) is 2.37. The normalized spacial score (nSPS) is 17.6. The number of ether oxygens (including phenoxy) is 2. The average molecular weight is 315 g/mol. The Hall–Kier alpha value is -2.38. The molecular formula is C14H15F2NO5. The Bertz CT molecular complexity index is 578. The summed E-state index contributed by atoms with van der Waals surface area (Å²) < 4.78 is 34.4. The van der Waals surface area contributed by atoms with Crippen LogP contribution in [0.5, 0.6) is 11.5 Å². The zero-order valence-electron chi connectivity index (χ0n) is 11.8. The van der Waals surface area contributed by atoms with Crippen molar-refractivity contribution in [3.05, 3.63) is 23.8 Å². The molecule has 22 heavy (non-hydrogen) atoms. The summed E-state index contributed by atoms with van der Waals surface area (Å²) in [6, 6.07) is 4.23. The summed E-state index contributed by atoms with van der Waals surface area (Å²) >= 11 is 0. The quantitative estimate of drug-likeness (QED) is 0.897. The van der Waals surface area contributed by atoms with Gasteiger partial charge < -0.3 is 19.5 Å². The number of carboxylic acids is 1. The highest BCUT2D eigenvalue weighted by Crippen LogP contribution is 2.34. The molecule has 6 nitrogen and oxygen atoms in total. The van der Waals surface area contributed by atoms with Gasteiger partial charge in [0.05, 0.1) is 18.6 Å². The van der Waals surface area contributed by atoms with Crippen molar-refractivity contribution in [1.82, 2.24) is 4.90 Å². The molecule has 1 saturated heterocycles. The molecule has 0 aliphatic carbocycles. The number of halogens is 2. The van der Waals surface area contributed by atoms with E-state index in [1.54, 1.807) is 0 Å². The molecule has 120 valence electrons. The van der Waals surface area contributed by atoms with Gasteiger partial charge in [-0.05, 0) is 18.6 Å². The van der Waals surface area contributed by atoms with Crippen LogP contribution in [0.3, 0.4) is 0 Å². The first-order chi connectivity index (χ1) is 10.4. The smallest absolute Gasteiger partial charge is 0.387 e. The summed E-state index contributed by atoms with van der Waals surface area (Å²) in [6.07, 6.45) is 0.329. The zero-order valence-corrected chi connectivity index (χ0v) is 11.8. The predicted octanol–water partition coefficient (Wildman–Crippen LogP) is 1.84. The van der Waals surface area contributed by atoms with Gasteiger partial charge in [0, 0.05) is 13.1 Å². The monoisotopic (exact) mass is 315 g/mol. The van der Waals surface area contributed by atoms with E-state index in [4.69, 9.17) is 9.84 Å². The van der Waals surface area contributed by atoms with Gasteiger partial charge in [0.15, 0.2) is 11.5 Å². The lowest BCUT2D eigenvalue weighted by atomic mass is 10.1. The van der Waals surface area contributed by atoms with E-state index in [1.807, 2.05) is 0 Å². The molecule has 1 aromatic rings. The summed E-state index contributed by atoms with van der Waals surface area (Å²) in [5.74, 6) is -2.51.